The molecule has 0 radical (unpaired) electrons. The fourth-order valence-electron chi connectivity index (χ4n) is 2.18. The van der Waals surface area contributed by atoms with Crippen LogP contribution < -0.4 is 0 Å². The highest BCUT2D eigenvalue weighted by Crippen LogP contribution is 2.22. The summed E-state index contributed by atoms with van der Waals surface area (Å²) < 4.78 is 4.55. The molecule has 0 aromatic heterocycles. The van der Waals surface area contributed by atoms with E-state index in [1.165, 1.54) is 32.6 Å². The van der Waals surface area contributed by atoms with Crippen LogP contribution in [0.2, 0.25) is 0 Å². The second-order valence-corrected chi connectivity index (χ2v) is 4.29. The van der Waals surface area contributed by atoms with Crippen molar-refractivity contribution < 1.29 is 9.53 Å². The molecule has 86 valence electrons. The number of carbonyl (C=O) groups excluding carboxylic acids is 1. The molecule has 0 aromatic carbocycles. The van der Waals surface area contributed by atoms with E-state index < -0.39 is 0 Å². The normalized spacial score (nSPS) is 22.8. The molecule has 0 aliphatic carbocycles. The molecular weight excluding hydrogens is 190 g/mol. The first kappa shape index (κ1) is 12.2. The molecular formula is C12H21NO2. The molecule has 1 fully saturated rings. The van der Waals surface area contributed by atoms with Crippen molar-refractivity contribution in [2.45, 2.75) is 45.2 Å². The topological polar surface area (TPSA) is 29.5 Å². The first-order chi connectivity index (χ1) is 7.15. The van der Waals surface area contributed by atoms with Gasteiger partial charge in [-0.3, -0.25) is 4.90 Å². The van der Waals surface area contributed by atoms with Gasteiger partial charge in [-0.05, 0) is 39.7 Å². The average Bonchev–Trinajstić information content (AvgIpc) is 2.65. The molecule has 15 heavy (non-hydrogen) atoms. The van der Waals surface area contributed by atoms with Crippen molar-refractivity contribution in [1.82, 2.24) is 4.90 Å². The maximum atomic E-state index is 10.9. The molecule has 0 aromatic rings. The van der Waals surface area contributed by atoms with Gasteiger partial charge < -0.3 is 4.74 Å². The number of rotatable bonds is 4. The van der Waals surface area contributed by atoms with Crippen LogP contribution in [0.4, 0.5) is 0 Å². The lowest BCUT2D eigenvalue weighted by atomic mass is 10.1. The third-order valence-electron chi connectivity index (χ3n) is 2.95. The first-order valence-corrected chi connectivity index (χ1v) is 5.65. The average molecular weight is 211 g/mol. The van der Waals surface area contributed by atoms with Gasteiger partial charge in [-0.15, -0.1) is 0 Å². The molecule has 3 nitrogen and oxygen atoms in total. The van der Waals surface area contributed by atoms with Gasteiger partial charge in [0.2, 0.25) is 0 Å². The monoisotopic (exact) mass is 211 g/mol. The minimum atomic E-state index is -0.260. The lowest BCUT2D eigenvalue weighted by Gasteiger charge is -2.27. The highest BCUT2D eigenvalue weighted by atomic mass is 16.5. The van der Waals surface area contributed by atoms with E-state index in [4.69, 9.17) is 0 Å². The molecule has 1 heterocycles. The predicted molar refractivity (Wildman–Crippen MR) is 60.6 cm³/mol. The highest BCUT2D eigenvalue weighted by Gasteiger charge is 2.25. The van der Waals surface area contributed by atoms with Gasteiger partial charge in [0.05, 0.1) is 7.11 Å². The zero-order valence-electron chi connectivity index (χ0n) is 9.90. The van der Waals surface area contributed by atoms with Gasteiger partial charge in [0.25, 0.3) is 0 Å². The van der Waals surface area contributed by atoms with E-state index in [-0.39, 0.29) is 5.97 Å². The molecule has 1 saturated heterocycles. The number of carbonyl (C=O) groups is 1. The van der Waals surface area contributed by atoms with Crippen LogP contribution in [0, 0.1) is 0 Å². The van der Waals surface area contributed by atoms with Crippen molar-refractivity contribution in [2.75, 3.05) is 13.7 Å². The Morgan fingerprint density at radius 2 is 2.33 bits per heavy atom. The Balaban J connectivity index is 2.37. The first-order valence-electron chi connectivity index (χ1n) is 5.65. The van der Waals surface area contributed by atoms with Gasteiger partial charge in [0, 0.05) is 18.2 Å². The summed E-state index contributed by atoms with van der Waals surface area (Å²) in [5, 5.41) is 0. The second kappa shape index (κ2) is 5.91. The number of methoxy groups -OCH3 is 1. The summed E-state index contributed by atoms with van der Waals surface area (Å²) in [6.45, 7) is 5.64. The van der Waals surface area contributed by atoms with Crippen LogP contribution in [0.3, 0.4) is 0 Å². The summed E-state index contributed by atoms with van der Waals surface area (Å²) in [4.78, 5) is 13.4. The summed E-state index contributed by atoms with van der Waals surface area (Å²) in [5.41, 5.74) is 0. The van der Waals surface area contributed by atoms with E-state index >= 15 is 0 Å². The van der Waals surface area contributed by atoms with Crippen molar-refractivity contribution in [3.8, 4) is 0 Å². The number of likely N-dealkylation sites (tertiary alicyclic amines) is 1. The zero-order chi connectivity index (χ0) is 11.3. The van der Waals surface area contributed by atoms with Crippen molar-refractivity contribution in [2.24, 2.45) is 0 Å². The van der Waals surface area contributed by atoms with Crippen LogP contribution in [0.5, 0.6) is 0 Å². The highest BCUT2D eigenvalue weighted by molar-refractivity contribution is 5.81. The molecule has 1 rings (SSSR count). The minimum absolute atomic E-state index is 0.260. The maximum absolute atomic E-state index is 10.9. The molecule has 0 saturated carbocycles. The van der Waals surface area contributed by atoms with Gasteiger partial charge in [-0.25, -0.2) is 4.79 Å². The number of nitrogens with zero attached hydrogens (tertiary/aromatic N) is 1. The number of esters is 1. The molecule has 3 heteroatoms. The molecule has 1 atom stereocenters. The Hall–Kier alpha value is -0.830. The van der Waals surface area contributed by atoms with Crippen LogP contribution in [0.25, 0.3) is 0 Å². The number of ether oxygens (including phenoxy) is 1. The van der Waals surface area contributed by atoms with Gasteiger partial charge in [0.15, 0.2) is 0 Å². The van der Waals surface area contributed by atoms with E-state index in [1.54, 1.807) is 0 Å². The van der Waals surface area contributed by atoms with Crippen LogP contribution in [-0.2, 0) is 9.53 Å². The van der Waals surface area contributed by atoms with Gasteiger partial charge >= 0.3 is 5.97 Å². The van der Waals surface area contributed by atoms with Crippen LogP contribution in [-0.4, -0.2) is 36.6 Å². The van der Waals surface area contributed by atoms with Gasteiger partial charge in [0.1, 0.15) is 0 Å². The van der Waals surface area contributed by atoms with Gasteiger partial charge in [-0.2, -0.15) is 0 Å². The van der Waals surface area contributed by atoms with Crippen LogP contribution in [0.1, 0.15) is 33.1 Å². The van der Waals surface area contributed by atoms with Crippen LogP contribution in [0.15, 0.2) is 12.2 Å². The molecule has 1 aliphatic heterocycles. The van der Waals surface area contributed by atoms with Crippen LogP contribution >= 0.6 is 0 Å². The van der Waals surface area contributed by atoms with E-state index in [2.05, 4.69) is 23.5 Å². The summed E-state index contributed by atoms with van der Waals surface area (Å²) >= 11 is 0. The Labute approximate surface area is 92.1 Å². The smallest absolute Gasteiger partial charge is 0.330 e. The minimum Gasteiger partial charge on any atom is -0.466 e. The fraction of sp³-hybridized carbons (Fsp3) is 0.750. The Morgan fingerprint density at radius 3 is 2.93 bits per heavy atom. The summed E-state index contributed by atoms with van der Waals surface area (Å²) in [5.74, 6) is -0.260. The quantitative estimate of drug-likeness (QED) is 0.526. The van der Waals surface area contributed by atoms with Crippen molar-refractivity contribution in [3.05, 3.63) is 12.2 Å². The molecule has 0 spiro atoms. The van der Waals surface area contributed by atoms with E-state index in [1.807, 2.05) is 6.08 Å². The van der Waals surface area contributed by atoms with Crippen molar-refractivity contribution >= 4 is 5.97 Å². The number of hydrogen-bond acceptors (Lipinski definition) is 3. The SMILES string of the molecule is COC(=O)/C=C\CC1CCCN1C(C)C. The third-order valence-corrected chi connectivity index (χ3v) is 2.95. The Morgan fingerprint density at radius 1 is 1.60 bits per heavy atom. The van der Waals surface area contributed by atoms with E-state index in [0.29, 0.717) is 12.1 Å². The maximum Gasteiger partial charge on any atom is 0.330 e. The summed E-state index contributed by atoms with van der Waals surface area (Å²) in [6, 6.07) is 1.20. The Kier molecular flexibility index (Phi) is 4.82. The number of hydrogen-bond donors (Lipinski definition) is 0. The molecule has 0 bridgehead atoms. The van der Waals surface area contributed by atoms with E-state index in [0.717, 1.165) is 6.42 Å². The predicted octanol–water partition coefficient (Wildman–Crippen LogP) is 1.98. The molecule has 1 aliphatic rings. The summed E-state index contributed by atoms with van der Waals surface area (Å²) in [6.07, 6.45) is 6.92. The lowest BCUT2D eigenvalue weighted by Crippen LogP contribution is -2.35. The summed E-state index contributed by atoms with van der Waals surface area (Å²) in [7, 11) is 1.41. The Bertz CT molecular complexity index is 236. The third kappa shape index (κ3) is 3.67. The standard InChI is InChI=1S/C12H21NO2/c1-10(2)13-9-5-7-11(13)6-4-8-12(14)15-3/h4,8,10-11H,5-7,9H2,1-3H3/b8-4-. The van der Waals surface area contributed by atoms with Crippen molar-refractivity contribution in [3.63, 3.8) is 0 Å². The molecule has 0 N–H and O–H groups in total. The molecule has 1 unspecified atom stereocenters. The molecule has 0 amide bonds. The zero-order valence-corrected chi connectivity index (χ0v) is 9.90. The fourth-order valence-corrected chi connectivity index (χ4v) is 2.18. The lowest BCUT2D eigenvalue weighted by molar-refractivity contribution is -0.134. The van der Waals surface area contributed by atoms with Crippen molar-refractivity contribution in [1.29, 1.82) is 0 Å². The second-order valence-electron chi connectivity index (χ2n) is 4.29. The largest absolute Gasteiger partial charge is 0.466 e. The van der Waals surface area contributed by atoms with E-state index in [9.17, 15) is 4.79 Å². The van der Waals surface area contributed by atoms with Gasteiger partial charge in [-0.1, -0.05) is 6.08 Å².